The fourth-order valence-corrected chi connectivity index (χ4v) is 5.30. The molecule has 8 heteroatoms. The van der Waals surface area contributed by atoms with Gasteiger partial charge in [-0.05, 0) is 63.7 Å². The van der Waals surface area contributed by atoms with E-state index in [0.717, 1.165) is 92.6 Å². The summed E-state index contributed by atoms with van der Waals surface area (Å²) in [6, 6.07) is 4.34. The van der Waals surface area contributed by atoms with Gasteiger partial charge in [0.25, 0.3) is 0 Å². The Labute approximate surface area is 208 Å². The monoisotopic (exact) mass is 476 g/mol. The third-order valence-electron chi connectivity index (χ3n) is 7.40. The summed E-state index contributed by atoms with van der Waals surface area (Å²) in [5.74, 6) is 9.20. The van der Waals surface area contributed by atoms with Gasteiger partial charge >= 0.3 is 0 Å². The minimum atomic E-state index is 0.148. The van der Waals surface area contributed by atoms with E-state index < -0.39 is 0 Å². The number of nitrogens with one attached hydrogen (secondary N) is 1. The molecule has 0 radical (unpaired) electrons. The molecule has 3 saturated heterocycles. The molecule has 1 aromatic heterocycles. The summed E-state index contributed by atoms with van der Waals surface area (Å²) in [7, 11) is 1.69. The first-order chi connectivity index (χ1) is 17.1. The maximum atomic E-state index is 11.7. The van der Waals surface area contributed by atoms with Gasteiger partial charge in [-0.2, -0.15) is 4.98 Å². The third kappa shape index (κ3) is 5.46. The number of anilines is 2. The van der Waals surface area contributed by atoms with E-state index in [-0.39, 0.29) is 11.9 Å². The topological polar surface area (TPSA) is 73.8 Å². The van der Waals surface area contributed by atoms with Crippen LogP contribution >= 0.6 is 0 Å². The molecule has 186 valence electrons. The Morgan fingerprint density at radius 1 is 1.06 bits per heavy atom. The van der Waals surface area contributed by atoms with Crippen molar-refractivity contribution in [2.75, 3.05) is 63.1 Å². The number of hydrogen-bond acceptors (Lipinski definition) is 7. The number of amides is 1. The Hall–Kier alpha value is -3.05. The molecule has 3 aliphatic rings. The van der Waals surface area contributed by atoms with Crippen LogP contribution < -0.4 is 15.0 Å². The number of hydrogen-bond donors (Lipinski definition) is 1. The molecule has 0 aliphatic carbocycles. The average Bonchev–Trinajstić information content (AvgIpc) is 3.59. The molecule has 35 heavy (non-hydrogen) atoms. The first-order valence-corrected chi connectivity index (χ1v) is 13.0. The van der Waals surface area contributed by atoms with Crippen molar-refractivity contribution in [1.29, 1.82) is 0 Å². The SMILES string of the molecule is COc1cc2c(NC3CCN(C(C)=O)CC3)nc(N3CCCC3)nc2cc1C#CCN1CCCC1. The molecule has 3 fully saturated rings. The molecule has 1 N–H and O–H groups in total. The number of likely N-dealkylation sites (tertiary alicyclic amines) is 2. The molecule has 3 aliphatic heterocycles. The molecular formula is C27H36N6O2. The highest BCUT2D eigenvalue weighted by Gasteiger charge is 2.24. The number of aromatic nitrogens is 2. The van der Waals surface area contributed by atoms with Gasteiger partial charge in [-0.1, -0.05) is 11.8 Å². The van der Waals surface area contributed by atoms with Crippen molar-refractivity contribution in [3.63, 3.8) is 0 Å². The zero-order valence-electron chi connectivity index (χ0n) is 21.0. The first-order valence-electron chi connectivity index (χ1n) is 13.0. The average molecular weight is 477 g/mol. The number of fused-ring (bicyclic) bond motifs is 1. The van der Waals surface area contributed by atoms with Gasteiger partial charge in [0.15, 0.2) is 0 Å². The second-order valence-electron chi connectivity index (χ2n) is 9.85. The summed E-state index contributed by atoms with van der Waals surface area (Å²) in [6.45, 7) is 8.22. The standard InChI is InChI=1S/C27H36N6O2/c1-20(34)32-16-9-22(10-17-32)28-26-23-19-25(35-2)21(8-7-13-31-11-3-4-12-31)18-24(23)29-27(30-26)33-14-5-6-15-33/h18-19,22H,3-6,9-17H2,1-2H3,(H,28,29,30). The molecule has 1 amide bonds. The van der Waals surface area contributed by atoms with E-state index in [1.54, 1.807) is 14.0 Å². The number of carbonyl (C=O) groups excluding carboxylic acids is 1. The molecule has 5 rings (SSSR count). The van der Waals surface area contributed by atoms with Crippen LogP contribution in [0.15, 0.2) is 12.1 Å². The zero-order valence-corrected chi connectivity index (χ0v) is 21.0. The maximum Gasteiger partial charge on any atom is 0.227 e. The molecular weight excluding hydrogens is 440 g/mol. The van der Waals surface area contributed by atoms with Crippen LogP contribution in [0.25, 0.3) is 10.9 Å². The van der Waals surface area contributed by atoms with Gasteiger partial charge in [0.05, 0.1) is 24.7 Å². The van der Waals surface area contributed by atoms with E-state index in [4.69, 9.17) is 14.7 Å². The number of methoxy groups -OCH3 is 1. The van der Waals surface area contributed by atoms with E-state index in [9.17, 15) is 4.79 Å². The summed E-state index contributed by atoms with van der Waals surface area (Å²) in [4.78, 5) is 28.3. The lowest BCUT2D eigenvalue weighted by Crippen LogP contribution is -2.41. The van der Waals surface area contributed by atoms with Crippen molar-refractivity contribution in [1.82, 2.24) is 19.8 Å². The predicted octanol–water partition coefficient (Wildman–Crippen LogP) is 3.11. The largest absolute Gasteiger partial charge is 0.495 e. The maximum absolute atomic E-state index is 11.7. The summed E-state index contributed by atoms with van der Waals surface area (Å²) in [5.41, 5.74) is 1.75. The summed E-state index contributed by atoms with van der Waals surface area (Å²) in [5, 5.41) is 4.63. The van der Waals surface area contributed by atoms with Gasteiger partial charge in [0.2, 0.25) is 11.9 Å². The number of carbonyl (C=O) groups is 1. The van der Waals surface area contributed by atoms with Crippen LogP contribution in [0.5, 0.6) is 5.75 Å². The van der Waals surface area contributed by atoms with Crippen molar-refractivity contribution in [2.24, 2.45) is 0 Å². The van der Waals surface area contributed by atoms with Crippen molar-refractivity contribution < 1.29 is 9.53 Å². The van der Waals surface area contributed by atoms with E-state index in [0.29, 0.717) is 0 Å². The van der Waals surface area contributed by atoms with Crippen LogP contribution in [-0.4, -0.2) is 84.6 Å². The summed E-state index contributed by atoms with van der Waals surface area (Å²) >= 11 is 0. The molecule has 4 heterocycles. The number of piperidine rings is 1. The van der Waals surface area contributed by atoms with E-state index >= 15 is 0 Å². The van der Waals surface area contributed by atoms with Crippen molar-refractivity contribution in [3.05, 3.63) is 17.7 Å². The molecule has 8 nitrogen and oxygen atoms in total. The van der Waals surface area contributed by atoms with Gasteiger partial charge in [-0.3, -0.25) is 9.69 Å². The highest BCUT2D eigenvalue weighted by molar-refractivity contribution is 5.93. The lowest BCUT2D eigenvalue weighted by atomic mass is 10.0. The van der Waals surface area contributed by atoms with E-state index in [1.165, 1.54) is 25.7 Å². The van der Waals surface area contributed by atoms with Gasteiger partial charge in [0, 0.05) is 44.5 Å². The molecule has 0 saturated carbocycles. The molecule has 0 bridgehead atoms. The third-order valence-corrected chi connectivity index (χ3v) is 7.40. The zero-order chi connectivity index (χ0) is 24.2. The predicted molar refractivity (Wildman–Crippen MR) is 139 cm³/mol. The Morgan fingerprint density at radius 2 is 1.77 bits per heavy atom. The van der Waals surface area contributed by atoms with Crippen LogP contribution in [0.3, 0.4) is 0 Å². The Kier molecular flexibility index (Phi) is 7.24. The first kappa shape index (κ1) is 23.7. The van der Waals surface area contributed by atoms with Crippen LogP contribution in [0.4, 0.5) is 11.8 Å². The van der Waals surface area contributed by atoms with Crippen molar-refractivity contribution in [2.45, 2.75) is 51.5 Å². The molecule has 2 aromatic rings. The number of nitrogens with zero attached hydrogens (tertiary/aromatic N) is 5. The highest BCUT2D eigenvalue weighted by atomic mass is 16.5. The van der Waals surface area contributed by atoms with E-state index in [2.05, 4.69) is 33.0 Å². The van der Waals surface area contributed by atoms with Crippen LogP contribution in [-0.2, 0) is 4.79 Å². The van der Waals surface area contributed by atoms with Crippen LogP contribution in [0, 0.1) is 11.8 Å². The quantitative estimate of drug-likeness (QED) is 0.665. The molecule has 1 aromatic carbocycles. The van der Waals surface area contributed by atoms with Gasteiger partial charge in [0.1, 0.15) is 11.6 Å². The highest BCUT2D eigenvalue weighted by Crippen LogP contribution is 2.32. The Morgan fingerprint density at radius 3 is 2.46 bits per heavy atom. The van der Waals surface area contributed by atoms with Crippen LogP contribution in [0.1, 0.15) is 51.0 Å². The van der Waals surface area contributed by atoms with E-state index in [1.807, 2.05) is 11.0 Å². The number of ether oxygens (including phenoxy) is 1. The number of rotatable bonds is 5. The minimum Gasteiger partial charge on any atom is -0.495 e. The fourth-order valence-electron chi connectivity index (χ4n) is 5.30. The molecule has 0 spiro atoms. The molecule has 0 unspecified atom stereocenters. The normalized spacial score (nSPS) is 19.1. The van der Waals surface area contributed by atoms with Crippen LogP contribution in [0.2, 0.25) is 0 Å². The van der Waals surface area contributed by atoms with Gasteiger partial charge in [-0.15, -0.1) is 0 Å². The summed E-state index contributed by atoms with van der Waals surface area (Å²) < 4.78 is 5.74. The number of benzene rings is 1. The van der Waals surface area contributed by atoms with Crippen molar-refractivity contribution >= 4 is 28.6 Å². The minimum absolute atomic E-state index is 0.148. The van der Waals surface area contributed by atoms with Gasteiger partial charge in [-0.25, -0.2) is 4.98 Å². The van der Waals surface area contributed by atoms with Crippen molar-refractivity contribution in [3.8, 4) is 17.6 Å². The fraction of sp³-hybridized carbons (Fsp3) is 0.593. The Balaban J connectivity index is 1.46. The second-order valence-corrected chi connectivity index (χ2v) is 9.85. The smallest absolute Gasteiger partial charge is 0.227 e. The Bertz CT molecular complexity index is 1120. The second kappa shape index (κ2) is 10.7. The lowest BCUT2D eigenvalue weighted by Gasteiger charge is -2.32. The summed E-state index contributed by atoms with van der Waals surface area (Å²) in [6.07, 6.45) is 6.68. The van der Waals surface area contributed by atoms with Gasteiger partial charge < -0.3 is 19.9 Å². The lowest BCUT2D eigenvalue weighted by molar-refractivity contribution is -0.129. The molecule has 0 atom stereocenters.